The predicted molar refractivity (Wildman–Crippen MR) is 110 cm³/mol. The molecule has 0 aliphatic carbocycles. The highest BCUT2D eigenvalue weighted by atomic mass is 35.5. The number of esters is 1. The topological polar surface area (TPSA) is 110 Å². The molecule has 0 spiro atoms. The Balaban J connectivity index is 1.91. The molecule has 29 heavy (non-hydrogen) atoms. The van der Waals surface area contributed by atoms with Gasteiger partial charge in [0.25, 0.3) is 0 Å². The molecule has 11 heteroatoms. The number of nitrogens with one attached hydrogen (secondary N) is 1. The molecule has 0 amide bonds. The lowest BCUT2D eigenvalue weighted by atomic mass is 9.98. The zero-order chi connectivity index (χ0) is 21.0. The number of aromatic nitrogens is 2. The van der Waals surface area contributed by atoms with Crippen molar-refractivity contribution in [3.05, 3.63) is 44.7 Å². The fraction of sp³-hybridized carbons (Fsp3) is 0.389. The predicted octanol–water partition coefficient (Wildman–Crippen LogP) is 4.21. The van der Waals surface area contributed by atoms with E-state index in [0.717, 1.165) is 0 Å². The Kier molecular flexibility index (Phi) is 6.71. The minimum absolute atomic E-state index is 0.0247. The molecule has 1 aliphatic heterocycles. The van der Waals surface area contributed by atoms with Crippen LogP contribution in [0, 0.1) is 16.0 Å². The van der Waals surface area contributed by atoms with Gasteiger partial charge in [0.1, 0.15) is 6.33 Å². The highest BCUT2D eigenvalue weighted by molar-refractivity contribution is 6.42. The Morgan fingerprint density at radius 2 is 2.17 bits per heavy atom. The van der Waals surface area contributed by atoms with Crippen LogP contribution in [0.5, 0.6) is 0 Å². The number of anilines is 3. The van der Waals surface area contributed by atoms with E-state index in [1.165, 1.54) is 6.33 Å². The molecular weight excluding hydrogens is 421 g/mol. The van der Waals surface area contributed by atoms with Crippen molar-refractivity contribution in [3.63, 3.8) is 0 Å². The second kappa shape index (κ2) is 9.23. The van der Waals surface area contributed by atoms with E-state index in [1.54, 1.807) is 30.0 Å². The Hall–Kier alpha value is -2.65. The number of rotatable bonds is 6. The molecule has 0 saturated carbocycles. The van der Waals surface area contributed by atoms with Crippen LogP contribution < -0.4 is 10.2 Å². The van der Waals surface area contributed by atoms with E-state index in [0.29, 0.717) is 48.3 Å². The molecule has 0 bridgehead atoms. The fourth-order valence-electron chi connectivity index (χ4n) is 3.19. The number of ether oxygens (including phenoxy) is 1. The van der Waals surface area contributed by atoms with Crippen molar-refractivity contribution >= 4 is 52.2 Å². The number of benzene rings is 1. The molecule has 1 aromatic heterocycles. The number of nitro groups is 1. The van der Waals surface area contributed by atoms with Crippen LogP contribution in [0.2, 0.25) is 10.0 Å². The van der Waals surface area contributed by atoms with E-state index < -0.39 is 4.92 Å². The van der Waals surface area contributed by atoms with Gasteiger partial charge in [-0.05, 0) is 38.0 Å². The molecule has 2 aromatic rings. The second-order valence-corrected chi connectivity index (χ2v) is 7.26. The molecular formula is C18H19Cl2N5O4. The first-order valence-corrected chi connectivity index (χ1v) is 9.79. The van der Waals surface area contributed by atoms with Crippen molar-refractivity contribution in [1.29, 1.82) is 0 Å². The average molecular weight is 440 g/mol. The first-order valence-electron chi connectivity index (χ1n) is 9.03. The number of hydrogen-bond acceptors (Lipinski definition) is 8. The van der Waals surface area contributed by atoms with E-state index in [9.17, 15) is 14.9 Å². The summed E-state index contributed by atoms with van der Waals surface area (Å²) in [4.78, 5) is 33.3. The molecule has 2 heterocycles. The van der Waals surface area contributed by atoms with Crippen molar-refractivity contribution in [2.45, 2.75) is 19.8 Å². The number of carbonyl (C=O) groups excluding carboxylic acids is 1. The Labute approximate surface area is 177 Å². The maximum Gasteiger partial charge on any atom is 0.353 e. The van der Waals surface area contributed by atoms with Crippen LogP contribution in [0.3, 0.4) is 0 Å². The molecule has 1 N–H and O–H groups in total. The van der Waals surface area contributed by atoms with Crippen LogP contribution in [0.1, 0.15) is 19.8 Å². The summed E-state index contributed by atoms with van der Waals surface area (Å²) in [5.41, 5.74) is 0.221. The minimum atomic E-state index is -0.539. The summed E-state index contributed by atoms with van der Waals surface area (Å²) in [7, 11) is 0. The van der Waals surface area contributed by atoms with Gasteiger partial charge >= 0.3 is 11.7 Å². The SMILES string of the molecule is CCOC(=O)C1CCCN(c2ncnc(Nc3ccc(Cl)c(Cl)c3)c2[N+](=O)[O-])C1. The Morgan fingerprint density at radius 1 is 1.38 bits per heavy atom. The number of piperidine rings is 1. The maximum absolute atomic E-state index is 12.1. The first kappa shape index (κ1) is 21.1. The lowest BCUT2D eigenvalue weighted by molar-refractivity contribution is -0.383. The van der Waals surface area contributed by atoms with E-state index in [1.807, 2.05) is 0 Å². The van der Waals surface area contributed by atoms with Gasteiger partial charge in [-0.3, -0.25) is 14.9 Å². The summed E-state index contributed by atoms with van der Waals surface area (Å²) >= 11 is 11.9. The highest BCUT2D eigenvalue weighted by Crippen LogP contribution is 2.36. The summed E-state index contributed by atoms with van der Waals surface area (Å²) in [6.07, 6.45) is 2.61. The largest absolute Gasteiger partial charge is 0.466 e. The van der Waals surface area contributed by atoms with Crippen molar-refractivity contribution in [1.82, 2.24) is 9.97 Å². The average Bonchev–Trinajstić information content (AvgIpc) is 2.70. The summed E-state index contributed by atoms with van der Waals surface area (Å²) in [5.74, 6) is -0.481. The number of halogens is 2. The van der Waals surface area contributed by atoms with Crippen molar-refractivity contribution in [2.24, 2.45) is 5.92 Å². The summed E-state index contributed by atoms with van der Waals surface area (Å²) in [6.45, 7) is 2.87. The molecule has 1 unspecified atom stereocenters. The lowest BCUT2D eigenvalue weighted by Gasteiger charge is -2.32. The van der Waals surface area contributed by atoms with Crippen molar-refractivity contribution in [3.8, 4) is 0 Å². The van der Waals surface area contributed by atoms with Gasteiger partial charge in [0, 0.05) is 18.8 Å². The lowest BCUT2D eigenvalue weighted by Crippen LogP contribution is -2.40. The standard InChI is InChI=1S/C18H19Cl2N5O4/c1-2-29-18(26)11-4-3-7-24(9-11)17-15(25(27)28)16(21-10-22-17)23-12-5-6-13(19)14(20)8-12/h5-6,8,10-11H,2-4,7,9H2,1H3,(H,21,22,23). The van der Waals surface area contributed by atoms with Crippen molar-refractivity contribution < 1.29 is 14.5 Å². The van der Waals surface area contributed by atoms with Crippen LogP contribution in [-0.2, 0) is 9.53 Å². The maximum atomic E-state index is 12.1. The molecule has 9 nitrogen and oxygen atoms in total. The minimum Gasteiger partial charge on any atom is -0.466 e. The molecule has 1 atom stereocenters. The van der Waals surface area contributed by atoms with E-state index in [2.05, 4.69) is 15.3 Å². The number of nitrogens with zero attached hydrogens (tertiary/aromatic N) is 4. The zero-order valence-electron chi connectivity index (χ0n) is 15.6. The van der Waals surface area contributed by atoms with Crippen molar-refractivity contribution in [2.75, 3.05) is 29.9 Å². The van der Waals surface area contributed by atoms with E-state index in [-0.39, 0.29) is 29.2 Å². The molecule has 1 saturated heterocycles. The summed E-state index contributed by atoms with van der Waals surface area (Å²) in [6, 6.07) is 4.76. The summed E-state index contributed by atoms with van der Waals surface area (Å²) < 4.78 is 5.10. The smallest absolute Gasteiger partial charge is 0.353 e. The number of carbonyl (C=O) groups is 1. The van der Waals surface area contributed by atoms with Crippen LogP contribution >= 0.6 is 23.2 Å². The van der Waals surface area contributed by atoms with Gasteiger partial charge in [-0.2, -0.15) is 0 Å². The van der Waals surface area contributed by atoms with Crippen LogP contribution in [0.15, 0.2) is 24.5 Å². The third-order valence-corrected chi connectivity index (χ3v) is 5.25. The van der Waals surface area contributed by atoms with Crippen LogP contribution in [0.4, 0.5) is 23.0 Å². The van der Waals surface area contributed by atoms with Gasteiger partial charge in [-0.15, -0.1) is 0 Å². The van der Waals surface area contributed by atoms with Gasteiger partial charge in [0.15, 0.2) is 0 Å². The van der Waals surface area contributed by atoms with Gasteiger partial charge < -0.3 is 15.0 Å². The summed E-state index contributed by atoms with van der Waals surface area (Å²) in [5, 5.41) is 15.4. The van der Waals surface area contributed by atoms with E-state index in [4.69, 9.17) is 27.9 Å². The van der Waals surface area contributed by atoms with Gasteiger partial charge in [0.05, 0.1) is 27.5 Å². The second-order valence-electron chi connectivity index (χ2n) is 6.44. The molecule has 3 rings (SSSR count). The molecule has 1 aromatic carbocycles. The van der Waals surface area contributed by atoms with Gasteiger partial charge in [0.2, 0.25) is 11.6 Å². The third-order valence-electron chi connectivity index (χ3n) is 4.51. The third kappa shape index (κ3) is 4.86. The molecule has 1 aliphatic rings. The highest BCUT2D eigenvalue weighted by Gasteiger charge is 2.33. The normalized spacial score (nSPS) is 16.4. The monoisotopic (exact) mass is 439 g/mol. The first-order chi connectivity index (χ1) is 13.9. The molecule has 154 valence electrons. The Morgan fingerprint density at radius 3 is 2.86 bits per heavy atom. The van der Waals surface area contributed by atoms with Crippen LogP contribution in [-0.4, -0.2) is 40.6 Å². The van der Waals surface area contributed by atoms with Gasteiger partial charge in [-0.1, -0.05) is 23.2 Å². The molecule has 0 radical (unpaired) electrons. The number of hydrogen-bond donors (Lipinski definition) is 1. The zero-order valence-corrected chi connectivity index (χ0v) is 17.1. The Bertz CT molecular complexity index is 927. The quantitative estimate of drug-likeness (QED) is 0.404. The van der Waals surface area contributed by atoms with E-state index >= 15 is 0 Å². The molecule has 1 fully saturated rings. The fourth-order valence-corrected chi connectivity index (χ4v) is 3.49. The van der Waals surface area contributed by atoms with Gasteiger partial charge in [-0.25, -0.2) is 9.97 Å². The van der Waals surface area contributed by atoms with Crippen LogP contribution in [0.25, 0.3) is 0 Å².